The summed E-state index contributed by atoms with van der Waals surface area (Å²) in [6.07, 6.45) is 3.84. The summed E-state index contributed by atoms with van der Waals surface area (Å²) in [5.41, 5.74) is 0.472. The van der Waals surface area contributed by atoms with Crippen LogP contribution in [0.5, 0.6) is 0 Å². The Balaban J connectivity index is 2.04. The molecule has 1 aliphatic rings. The Hall–Kier alpha value is -0.340. The van der Waals surface area contributed by atoms with E-state index >= 15 is 0 Å². The summed E-state index contributed by atoms with van der Waals surface area (Å²) in [6, 6.07) is 5.21. The molecular formula is C14H23NS. The van der Waals surface area contributed by atoms with Crippen molar-refractivity contribution in [3.05, 3.63) is 22.4 Å². The van der Waals surface area contributed by atoms with E-state index in [2.05, 4.69) is 43.6 Å². The predicted octanol–water partition coefficient (Wildman–Crippen LogP) is 4.02. The van der Waals surface area contributed by atoms with Crippen LogP contribution in [0.25, 0.3) is 0 Å². The Labute approximate surface area is 103 Å². The third-order valence-electron chi connectivity index (χ3n) is 4.35. The molecule has 1 N–H and O–H groups in total. The summed E-state index contributed by atoms with van der Waals surface area (Å²) in [7, 11) is 0. The van der Waals surface area contributed by atoms with Gasteiger partial charge in [0.2, 0.25) is 0 Å². The maximum Gasteiger partial charge on any atom is 0.0133 e. The first kappa shape index (κ1) is 12.1. The minimum Gasteiger partial charge on any atom is -0.313 e. The van der Waals surface area contributed by atoms with Gasteiger partial charge in [-0.05, 0) is 42.7 Å². The molecule has 1 fully saturated rings. The van der Waals surface area contributed by atoms with E-state index < -0.39 is 0 Å². The third-order valence-corrected chi connectivity index (χ3v) is 5.34. The van der Waals surface area contributed by atoms with Gasteiger partial charge in [-0.2, -0.15) is 0 Å². The van der Waals surface area contributed by atoms with Crippen LogP contribution in [0.4, 0.5) is 0 Å². The van der Waals surface area contributed by atoms with Crippen molar-refractivity contribution in [1.82, 2.24) is 5.32 Å². The maximum atomic E-state index is 3.71. The first-order chi connectivity index (χ1) is 7.72. The highest BCUT2D eigenvalue weighted by Gasteiger charge is 2.50. The molecule has 0 aromatic carbocycles. The lowest BCUT2D eigenvalue weighted by Gasteiger charge is -2.54. The smallest absolute Gasteiger partial charge is 0.0133 e. The molecule has 1 nitrogen and oxygen atoms in total. The fourth-order valence-corrected chi connectivity index (χ4v) is 3.92. The quantitative estimate of drug-likeness (QED) is 0.815. The lowest BCUT2D eigenvalue weighted by Crippen LogP contribution is -2.56. The minimum atomic E-state index is 0.472. The molecule has 1 aliphatic carbocycles. The molecule has 1 heterocycles. The van der Waals surface area contributed by atoms with E-state index in [1.807, 2.05) is 11.3 Å². The van der Waals surface area contributed by atoms with Crippen LogP contribution < -0.4 is 5.32 Å². The fourth-order valence-electron chi connectivity index (χ4n) is 2.92. The Morgan fingerprint density at radius 3 is 2.88 bits per heavy atom. The van der Waals surface area contributed by atoms with Crippen molar-refractivity contribution in [2.24, 2.45) is 5.41 Å². The van der Waals surface area contributed by atoms with Crippen molar-refractivity contribution in [2.75, 3.05) is 6.54 Å². The average Bonchev–Trinajstić information content (AvgIpc) is 2.80. The number of hydrogen-bond acceptors (Lipinski definition) is 2. The largest absolute Gasteiger partial charge is 0.313 e. The van der Waals surface area contributed by atoms with Gasteiger partial charge in [-0.3, -0.25) is 0 Å². The van der Waals surface area contributed by atoms with Gasteiger partial charge in [-0.1, -0.05) is 26.8 Å². The summed E-state index contributed by atoms with van der Waals surface area (Å²) < 4.78 is 0. The van der Waals surface area contributed by atoms with Gasteiger partial charge >= 0.3 is 0 Å². The highest BCUT2D eigenvalue weighted by molar-refractivity contribution is 7.10. The van der Waals surface area contributed by atoms with Crippen molar-refractivity contribution in [2.45, 2.75) is 52.0 Å². The van der Waals surface area contributed by atoms with Gasteiger partial charge in [0.05, 0.1) is 0 Å². The van der Waals surface area contributed by atoms with Gasteiger partial charge in [0.25, 0.3) is 0 Å². The molecule has 2 heteroatoms. The van der Waals surface area contributed by atoms with E-state index in [0.717, 1.165) is 18.5 Å². The van der Waals surface area contributed by atoms with Crippen LogP contribution in [0.15, 0.2) is 17.5 Å². The molecular weight excluding hydrogens is 214 g/mol. The van der Waals surface area contributed by atoms with Gasteiger partial charge < -0.3 is 5.32 Å². The van der Waals surface area contributed by atoms with Crippen molar-refractivity contribution >= 4 is 11.3 Å². The molecule has 0 radical (unpaired) electrons. The molecule has 0 saturated heterocycles. The summed E-state index contributed by atoms with van der Waals surface area (Å²) in [5, 5.41) is 5.91. The summed E-state index contributed by atoms with van der Waals surface area (Å²) >= 11 is 1.92. The number of nitrogens with one attached hydrogen (secondary N) is 1. The minimum absolute atomic E-state index is 0.472. The van der Waals surface area contributed by atoms with E-state index in [9.17, 15) is 0 Å². The van der Waals surface area contributed by atoms with Gasteiger partial charge in [-0.25, -0.2) is 0 Å². The van der Waals surface area contributed by atoms with E-state index in [-0.39, 0.29) is 0 Å². The van der Waals surface area contributed by atoms with Crippen LogP contribution in [-0.4, -0.2) is 12.6 Å². The van der Waals surface area contributed by atoms with Gasteiger partial charge in [-0.15, -0.1) is 11.3 Å². The lowest BCUT2D eigenvalue weighted by atomic mass is 9.55. The topological polar surface area (TPSA) is 12.0 Å². The van der Waals surface area contributed by atoms with Crippen LogP contribution in [0, 0.1) is 5.41 Å². The van der Waals surface area contributed by atoms with Crippen molar-refractivity contribution in [1.29, 1.82) is 0 Å². The van der Waals surface area contributed by atoms with E-state index in [0.29, 0.717) is 5.41 Å². The van der Waals surface area contributed by atoms with E-state index in [1.165, 1.54) is 19.3 Å². The van der Waals surface area contributed by atoms with Crippen molar-refractivity contribution in [3.63, 3.8) is 0 Å². The van der Waals surface area contributed by atoms with Crippen molar-refractivity contribution < 1.29 is 0 Å². The van der Waals surface area contributed by atoms with Crippen LogP contribution >= 0.6 is 11.3 Å². The highest BCUT2D eigenvalue weighted by atomic mass is 32.1. The molecule has 0 aliphatic heterocycles. The Morgan fingerprint density at radius 1 is 1.50 bits per heavy atom. The zero-order valence-corrected chi connectivity index (χ0v) is 11.4. The fraction of sp³-hybridized carbons (Fsp3) is 0.714. The first-order valence-corrected chi connectivity index (χ1v) is 7.37. The molecule has 16 heavy (non-hydrogen) atoms. The second-order valence-corrected chi connectivity index (χ2v) is 6.15. The molecule has 3 atom stereocenters. The van der Waals surface area contributed by atoms with Gasteiger partial charge in [0.1, 0.15) is 0 Å². The maximum absolute atomic E-state index is 3.71. The predicted molar refractivity (Wildman–Crippen MR) is 72.2 cm³/mol. The first-order valence-electron chi connectivity index (χ1n) is 6.49. The molecule has 1 aromatic rings. The van der Waals surface area contributed by atoms with Crippen LogP contribution in [0.1, 0.15) is 50.8 Å². The zero-order valence-electron chi connectivity index (χ0n) is 10.6. The van der Waals surface area contributed by atoms with Crippen LogP contribution in [0.3, 0.4) is 0 Å². The molecule has 3 unspecified atom stereocenters. The van der Waals surface area contributed by atoms with Gasteiger partial charge in [0.15, 0.2) is 0 Å². The highest BCUT2D eigenvalue weighted by Crippen LogP contribution is 2.55. The molecule has 0 bridgehead atoms. The number of hydrogen-bond donors (Lipinski definition) is 1. The summed E-state index contributed by atoms with van der Waals surface area (Å²) in [4.78, 5) is 1.58. The monoisotopic (exact) mass is 237 g/mol. The Kier molecular flexibility index (Phi) is 3.70. The number of thiophene rings is 1. The second-order valence-electron chi connectivity index (χ2n) is 5.17. The molecule has 1 aromatic heterocycles. The van der Waals surface area contributed by atoms with Crippen molar-refractivity contribution in [3.8, 4) is 0 Å². The van der Waals surface area contributed by atoms with Crippen LogP contribution in [-0.2, 0) is 0 Å². The normalized spacial score (nSPS) is 33.7. The lowest BCUT2D eigenvalue weighted by molar-refractivity contribution is 0.0465. The zero-order chi connectivity index (χ0) is 11.6. The van der Waals surface area contributed by atoms with E-state index in [4.69, 9.17) is 0 Å². The average molecular weight is 237 g/mol. The Morgan fingerprint density at radius 2 is 2.31 bits per heavy atom. The van der Waals surface area contributed by atoms with Gasteiger partial charge in [0, 0.05) is 16.8 Å². The molecule has 1 saturated carbocycles. The second kappa shape index (κ2) is 4.89. The summed E-state index contributed by atoms with van der Waals surface area (Å²) in [5.74, 6) is 0.784. The van der Waals surface area contributed by atoms with Crippen LogP contribution in [0.2, 0.25) is 0 Å². The molecule has 0 spiro atoms. The standard InChI is InChI=1S/C14H23NS/c1-4-8-15-13-10-11(14(13,3)5-2)12-7-6-9-16-12/h6-7,9,11,13,15H,4-5,8,10H2,1-3H3. The third kappa shape index (κ3) is 1.93. The SMILES string of the molecule is CCCNC1CC(c2cccs2)C1(C)CC. The summed E-state index contributed by atoms with van der Waals surface area (Å²) in [6.45, 7) is 8.19. The molecule has 90 valence electrons. The van der Waals surface area contributed by atoms with E-state index in [1.54, 1.807) is 4.88 Å². The molecule has 2 rings (SSSR count). The molecule has 0 amide bonds. The Bertz CT molecular complexity index is 319. The number of rotatable bonds is 5.